The van der Waals surface area contributed by atoms with Crippen molar-refractivity contribution in [3.8, 4) is 5.75 Å². The fourth-order valence-corrected chi connectivity index (χ4v) is 1.59. The monoisotopic (exact) mass is 209 g/mol. The van der Waals surface area contributed by atoms with Gasteiger partial charge in [-0.05, 0) is 35.1 Å². The Balaban J connectivity index is 3.20. The standard InChI is InChI=1S/C12H19NO2/c1-8-5-10(12(2,3)4)11(14)6-9(8)7-15-13/h5-6,14H,7,13H2,1-4H3. The van der Waals surface area contributed by atoms with E-state index in [2.05, 4.69) is 25.6 Å². The number of hydrogen-bond acceptors (Lipinski definition) is 3. The number of aryl methyl sites for hydroxylation is 1. The Morgan fingerprint density at radius 3 is 2.40 bits per heavy atom. The zero-order valence-corrected chi connectivity index (χ0v) is 9.79. The molecule has 1 rings (SSSR count). The Kier molecular flexibility index (Phi) is 3.37. The topological polar surface area (TPSA) is 55.5 Å². The molecule has 0 aliphatic carbocycles. The van der Waals surface area contributed by atoms with Gasteiger partial charge in [0.1, 0.15) is 5.75 Å². The molecular weight excluding hydrogens is 190 g/mol. The second kappa shape index (κ2) is 4.21. The summed E-state index contributed by atoms with van der Waals surface area (Å²) in [6.45, 7) is 8.52. The molecule has 0 atom stereocenters. The van der Waals surface area contributed by atoms with Crippen molar-refractivity contribution in [3.63, 3.8) is 0 Å². The Bertz CT molecular complexity index is 353. The average molecular weight is 209 g/mol. The van der Waals surface area contributed by atoms with E-state index >= 15 is 0 Å². The third-order valence-corrected chi connectivity index (χ3v) is 2.50. The van der Waals surface area contributed by atoms with Gasteiger partial charge in [-0.1, -0.05) is 26.8 Å². The summed E-state index contributed by atoms with van der Waals surface area (Å²) in [7, 11) is 0. The first kappa shape index (κ1) is 12.0. The van der Waals surface area contributed by atoms with Crippen molar-refractivity contribution in [2.45, 2.75) is 39.7 Å². The van der Waals surface area contributed by atoms with Crippen molar-refractivity contribution in [3.05, 3.63) is 28.8 Å². The first-order chi connectivity index (χ1) is 6.86. The molecular formula is C12H19NO2. The predicted octanol–water partition coefficient (Wildman–Crippen LogP) is 2.39. The third-order valence-electron chi connectivity index (χ3n) is 2.50. The average Bonchev–Trinajstić information content (AvgIpc) is 2.09. The van der Waals surface area contributed by atoms with E-state index in [0.29, 0.717) is 12.4 Å². The number of aromatic hydroxyl groups is 1. The Labute approximate surface area is 90.8 Å². The van der Waals surface area contributed by atoms with Crippen LogP contribution in [0, 0.1) is 6.92 Å². The van der Waals surface area contributed by atoms with Crippen LogP contribution in [0.3, 0.4) is 0 Å². The van der Waals surface area contributed by atoms with E-state index in [9.17, 15) is 5.11 Å². The summed E-state index contributed by atoms with van der Waals surface area (Å²) in [5, 5.41) is 9.88. The fourth-order valence-electron chi connectivity index (χ4n) is 1.59. The van der Waals surface area contributed by atoms with Crippen molar-refractivity contribution < 1.29 is 9.94 Å². The summed E-state index contributed by atoms with van der Waals surface area (Å²) in [4.78, 5) is 4.58. The largest absolute Gasteiger partial charge is 0.508 e. The SMILES string of the molecule is Cc1cc(C(C)(C)C)c(O)cc1CON. The van der Waals surface area contributed by atoms with Crippen LogP contribution in [0.5, 0.6) is 5.75 Å². The van der Waals surface area contributed by atoms with Crippen molar-refractivity contribution in [2.24, 2.45) is 5.90 Å². The quantitative estimate of drug-likeness (QED) is 0.735. The number of benzene rings is 1. The van der Waals surface area contributed by atoms with Gasteiger partial charge in [0, 0.05) is 0 Å². The highest BCUT2D eigenvalue weighted by Gasteiger charge is 2.19. The van der Waals surface area contributed by atoms with Crippen LogP contribution in [-0.4, -0.2) is 5.11 Å². The summed E-state index contributed by atoms with van der Waals surface area (Å²) in [6.07, 6.45) is 0. The van der Waals surface area contributed by atoms with E-state index in [1.54, 1.807) is 6.07 Å². The molecule has 0 amide bonds. The zero-order chi connectivity index (χ0) is 11.6. The molecule has 0 aliphatic rings. The minimum atomic E-state index is -0.0586. The van der Waals surface area contributed by atoms with Gasteiger partial charge in [0.05, 0.1) is 6.61 Å². The van der Waals surface area contributed by atoms with Crippen molar-refractivity contribution >= 4 is 0 Å². The molecule has 0 saturated carbocycles. The van der Waals surface area contributed by atoms with E-state index in [1.807, 2.05) is 13.0 Å². The molecule has 0 unspecified atom stereocenters. The van der Waals surface area contributed by atoms with Crippen molar-refractivity contribution in [1.29, 1.82) is 0 Å². The molecule has 0 aliphatic heterocycles. The van der Waals surface area contributed by atoms with E-state index in [1.165, 1.54) is 0 Å². The molecule has 84 valence electrons. The molecule has 0 bridgehead atoms. The minimum absolute atomic E-state index is 0.0586. The maximum absolute atomic E-state index is 9.88. The van der Waals surface area contributed by atoms with Crippen molar-refractivity contribution in [1.82, 2.24) is 0 Å². The van der Waals surface area contributed by atoms with Crippen LogP contribution < -0.4 is 5.90 Å². The minimum Gasteiger partial charge on any atom is -0.508 e. The Hall–Kier alpha value is -1.06. The van der Waals surface area contributed by atoms with Gasteiger partial charge in [-0.2, -0.15) is 0 Å². The summed E-state index contributed by atoms with van der Waals surface area (Å²) < 4.78 is 0. The highest BCUT2D eigenvalue weighted by atomic mass is 16.6. The molecule has 15 heavy (non-hydrogen) atoms. The van der Waals surface area contributed by atoms with Gasteiger partial charge in [-0.15, -0.1) is 0 Å². The van der Waals surface area contributed by atoms with Gasteiger partial charge in [0.15, 0.2) is 0 Å². The highest BCUT2D eigenvalue weighted by molar-refractivity contribution is 5.44. The number of phenolic OH excluding ortho intramolecular Hbond substituents is 1. The summed E-state index contributed by atoms with van der Waals surface area (Å²) in [6, 6.07) is 3.71. The van der Waals surface area contributed by atoms with E-state index in [-0.39, 0.29) is 5.41 Å². The lowest BCUT2D eigenvalue weighted by Crippen LogP contribution is -2.12. The summed E-state index contributed by atoms with van der Waals surface area (Å²) >= 11 is 0. The molecule has 0 spiro atoms. The normalized spacial score (nSPS) is 11.8. The number of hydrogen-bond donors (Lipinski definition) is 2. The predicted molar refractivity (Wildman–Crippen MR) is 60.5 cm³/mol. The lowest BCUT2D eigenvalue weighted by atomic mass is 9.84. The van der Waals surface area contributed by atoms with Crippen LogP contribution in [0.15, 0.2) is 12.1 Å². The second-order valence-electron chi connectivity index (χ2n) is 4.86. The van der Waals surface area contributed by atoms with E-state index < -0.39 is 0 Å². The van der Waals surface area contributed by atoms with E-state index in [0.717, 1.165) is 16.7 Å². The van der Waals surface area contributed by atoms with Crippen LogP contribution in [0.4, 0.5) is 0 Å². The highest BCUT2D eigenvalue weighted by Crippen LogP contribution is 2.32. The van der Waals surface area contributed by atoms with Crippen molar-refractivity contribution in [2.75, 3.05) is 0 Å². The Morgan fingerprint density at radius 2 is 1.93 bits per heavy atom. The summed E-state index contributed by atoms with van der Waals surface area (Å²) in [5.74, 6) is 5.33. The first-order valence-corrected chi connectivity index (χ1v) is 5.01. The molecule has 1 aromatic carbocycles. The van der Waals surface area contributed by atoms with Gasteiger partial charge in [-0.25, -0.2) is 5.90 Å². The molecule has 3 heteroatoms. The number of phenols is 1. The molecule has 3 nitrogen and oxygen atoms in total. The van der Waals surface area contributed by atoms with E-state index in [4.69, 9.17) is 5.90 Å². The smallest absolute Gasteiger partial charge is 0.119 e. The zero-order valence-electron chi connectivity index (χ0n) is 9.79. The maximum Gasteiger partial charge on any atom is 0.119 e. The number of nitrogens with two attached hydrogens (primary N) is 1. The molecule has 0 aromatic heterocycles. The van der Waals surface area contributed by atoms with Crippen LogP contribution in [-0.2, 0) is 16.9 Å². The van der Waals surface area contributed by atoms with Gasteiger partial charge in [0.25, 0.3) is 0 Å². The molecule has 0 heterocycles. The fraction of sp³-hybridized carbons (Fsp3) is 0.500. The molecule has 1 aromatic rings. The molecule has 0 radical (unpaired) electrons. The lowest BCUT2D eigenvalue weighted by molar-refractivity contribution is 0.123. The van der Waals surface area contributed by atoms with Gasteiger partial charge in [-0.3, -0.25) is 4.84 Å². The van der Waals surface area contributed by atoms with Gasteiger partial charge in [0.2, 0.25) is 0 Å². The second-order valence-corrected chi connectivity index (χ2v) is 4.86. The maximum atomic E-state index is 9.88. The van der Waals surface area contributed by atoms with Gasteiger partial charge >= 0.3 is 0 Å². The van der Waals surface area contributed by atoms with Crippen LogP contribution >= 0.6 is 0 Å². The van der Waals surface area contributed by atoms with Crippen LogP contribution in [0.2, 0.25) is 0 Å². The molecule has 0 fully saturated rings. The molecule has 3 N–H and O–H groups in total. The Morgan fingerprint density at radius 1 is 1.33 bits per heavy atom. The number of rotatable bonds is 2. The first-order valence-electron chi connectivity index (χ1n) is 5.01. The molecule has 0 saturated heterocycles. The van der Waals surface area contributed by atoms with Gasteiger partial charge < -0.3 is 5.11 Å². The van der Waals surface area contributed by atoms with Crippen LogP contribution in [0.1, 0.15) is 37.5 Å². The third kappa shape index (κ3) is 2.70. The summed E-state index contributed by atoms with van der Waals surface area (Å²) in [5.41, 5.74) is 2.89. The lowest BCUT2D eigenvalue weighted by Gasteiger charge is -2.22. The van der Waals surface area contributed by atoms with Crippen LogP contribution in [0.25, 0.3) is 0 Å².